The smallest absolute Gasteiger partial charge is 0.332 e. The van der Waals surface area contributed by atoms with Crippen molar-refractivity contribution in [3.63, 3.8) is 0 Å². The molecule has 2 heterocycles. The van der Waals surface area contributed by atoms with Gasteiger partial charge in [0, 0.05) is 19.1 Å². The van der Waals surface area contributed by atoms with Crippen LogP contribution in [0.1, 0.15) is 45.4 Å². The Labute approximate surface area is 119 Å². The summed E-state index contributed by atoms with van der Waals surface area (Å²) in [4.78, 5) is 24.9. The van der Waals surface area contributed by atoms with E-state index < -0.39 is 12.1 Å². The van der Waals surface area contributed by atoms with Gasteiger partial charge in [-0.05, 0) is 38.5 Å². The molecule has 2 aliphatic rings. The molecule has 0 radical (unpaired) electrons. The van der Waals surface area contributed by atoms with Gasteiger partial charge in [-0.2, -0.15) is 0 Å². The number of hydrogen-bond acceptors (Lipinski definition) is 3. The minimum absolute atomic E-state index is 0.0427. The van der Waals surface area contributed by atoms with Gasteiger partial charge in [-0.3, -0.25) is 0 Å². The number of nitrogens with one attached hydrogen (secondary N) is 1. The maximum absolute atomic E-state index is 12.2. The second-order valence-electron chi connectivity index (χ2n) is 5.60. The van der Waals surface area contributed by atoms with E-state index in [1.165, 1.54) is 6.42 Å². The van der Waals surface area contributed by atoms with Crippen molar-refractivity contribution in [2.24, 2.45) is 0 Å². The zero-order chi connectivity index (χ0) is 14.5. The van der Waals surface area contributed by atoms with E-state index in [2.05, 4.69) is 12.2 Å². The molecule has 0 saturated carbocycles. The van der Waals surface area contributed by atoms with Gasteiger partial charge >= 0.3 is 12.0 Å². The van der Waals surface area contributed by atoms with Crippen molar-refractivity contribution in [2.75, 3.05) is 13.1 Å². The molecule has 0 aromatic rings. The fraction of sp³-hybridized carbons (Fsp3) is 0.857. The Kier molecular flexibility index (Phi) is 5.23. The van der Waals surface area contributed by atoms with Crippen molar-refractivity contribution in [2.45, 2.75) is 63.7 Å². The van der Waals surface area contributed by atoms with Crippen LogP contribution >= 0.6 is 0 Å². The number of ether oxygens (including phenoxy) is 1. The summed E-state index contributed by atoms with van der Waals surface area (Å²) in [5.74, 6) is -0.916. The number of carbonyl (C=O) groups is 2. The summed E-state index contributed by atoms with van der Waals surface area (Å²) in [5, 5.41) is 11.7. The van der Waals surface area contributed by atoms with Crippen LogP contribution in [-0.4, -0.2) is 53.3 Å². The molecule has 3 unspecified atom stereocenters. The van der Waals surface area contributed by atoms with Gasteiger partial charge in [-0.15, -0.1) is 0 Å². The van der Waals surface area contributed by atoms with Gasteiger partial charge in [0.1, 0.15) is 0 Å². The first-order valence-corrected chi connectivity index (χ1v) is 7.54. The molecule has 6 heteroatoms. The molecule has 0 spiro atoms. The molecule has 2 fully saturated rings. The molecule has 2 aliphatic heterocycles. The van der Waals surface area contributed by atoms with Crippen LogP contribution in [-0.2, 0) is 9.53 Å². The minimum Gasteiger partial charge on any atom is -0.479 e. The van der Waals surface area contributed by atoms with Gasteiger partial charge in [-0.25, -0.2) is 9.59 Å². The van der Waals surface area contributed by atoms with Crippen LogP contribution in [0.4, 0.5) is 4.79 Å². The molecule has 2 amide bonds. The summed E-state index contributed by atoms with van der Waals surface area (Å²) >= 11 is 0. The largest absolute Gasteiger partial charge is 0.479 e. The third kappa shape index (κ3) is 3.62. The Morgan fingerprint density at radius 3 is 2.75 bits per heavy atom. The quantitative estimate of drug-likeness (QED) is 0.821. The van der Waals surface area contributed by atoms with Gasteiger partial charge < -0.3 is 20.1 Å². The SMILES string of the molecule is CCC1CCCCN1C(=O)NCC1CCC(C(=O)O)O1. The van der Waals surface area contributed by atoms with E-state index in [9.17, 15) is 9.59 Å². The van der Waals surface area contributed by atoms with Gasteiger partial charge in [0.25, 0.3) is 0 Å². The number of carboxylic acid groups (broad SMARTS) is 1. The van der Waals surface area contributed by atoms with Crippen LogP contribution in [0.25, 0.3) is 0 Å². The fourth-order valence-corrected chi connectivity index (χ4v) is 3.03. The summed E-state index contributed by atoms with van der Waals surface area (Å²) < 4.78 is 5.38. The number of aliphatic carboxylic acids is 1. The molecule has 0 bridgehead atoms. The zero-order valence-corrected chi connectivity index (χ0v) is 12.0. The van der Waals surface area contributed by atoms with Crippen molar-refractivity contribution in [3.05, 3.63) is 0 Å². The average molecular weight is 284 g/mol. The second kappa shape index (κ2) is 6.92. The van der Waals surface area contributed by atoms with Gasteiger partial charge in [0.2, 0.25) is 0 Å². The Bertz CT molecular complexity index is 361. The third-order valence-electron chi connectivity index (χ3n) is 4.22. The first-order chi connectivity index (χ1) is 9.61. The lowest BCUT2D eigenvalue weighted by Crippen LogP contribution is -2.49. The molecule has 114 valence electrons. The number of piperidine rings is 1. The Hall–Kier alpha value is -1.30. The molecule has 0 aliphatic carbocycles. The van der Waals surface area contributed by atoms with Crippen molar-refractivity contribution >= 4 is 12.0 Å². The van der Waals surface area contributed by atoms with Crippen LogP contribution in [0.15, 0.2) is 0 Å². The number of amides is 2. The number of rotatable bonds is 4. The normalized spacial score (nSPS) is 30.2. The topological polar surface area (TPSA) is 78.9 Å². The van der Waals surface area contributed by atoms with Gasteiger partial charge in [-0.1, -0.05) is 6.92 Å². The number of likely N-dealkylation sites (tertiary alicyclic amines) is 1. The van der Waals surface area contributed by atoms with Gasteiger partial charge in [0.05, 0.1) is 6.10 Å². The van der Waals surface area contributed by atoms with Gasteiger partial charge in [0.15, 0.2) is 6.10 Å². The molecular formula is C14H24N2O4. The standard InChI is InChI=1S/C14H24N2O4/c1-2-10-5-3-4-8-16(10)14(19)15-9-11-6-7-12(20-11)13(17)18/h10-12H,2-9H2,1H3,(H,15,19)(H,17,18). The highest BCUT2D eigenvalue weighted by atomic mass is 16.5. The average Bonchev–Trinajstić information content (AvgIpc) is 2.94. The Balaban J connectivity index is 1.76. The summed E-state index contributed by atoms with van der Waals surface area (Å²) in [6.45, 7) is 3.32. The molecule has 3 atom stereocenters. The predicted molar refractivity (Wildman–Crippen MR) is 73.6 cm³/mol. The maximum atomic E-state index is 12.2. The molecule has 20 heavy (non-hydrogen) atoms. The van der Waals surface area contributed by atoms with Crippen LogP contribution in [0.3, 0.4) is 0 Å². The summed E-state index contributed by atoms with van der Waals surface area (Å²) in [5.41, 5.74) is 0. The van der Waals surface area contributed by atoms with E-state index >= 15 is 0 Å². The molecule has 6 nitrogen and oxygen atoms in total. The number of nitrogens with zero attached hydrogens (tertiary/aromatic N) is 1. The Morgan fingerprint density at radius 2 is 2.10 bits per heavy atom. The lowest BCUT2D eigenvalue weighted by molar-refractivity contribution is -0.149. The van der Waals surface area contributed by atoms with E-state index in [0.717, 1.165) is 25.8 Å². The summed E-state index contributed by atoms with van der Waals surface area (Å²) in [6, 6.07) is 0.291. The molecule has 2 saturated heterocycles. The molecule has 2 N–H and O–H groups in total. The Morgan fingerprint density at radius 1 is 1.30 bits per heavy atom. The van der Waals surface area contributed by atoms with Crippen LogP contribution in [0.2, 0.25) is 0 Å². The van der Waals surface area contributed by atoms with E-state index in [0.29, 0.717) is 25.4 Å². The highest BCUT2D eigenvalue weighted by Crippen LogP contribution is 2.21. The predicted octanol–water partition coefficient (Wildman–Crippen LogP) is 1.59. The van der Waals surface area contributed by atoms with Crippen LogP contribution < -0.4 is 5.32 Å². The highest BCUT2D eigenvalue weighted by Gasteiger charge is 2.31. The summed E-state index contributed by atoms with van der Waals surface area (Å²) in [7, 11) is 0. The van der Waals surface area contributed by atoms with E-state index in [4.69, 9.17) is 9.84 Å². The molecule has 2 rings (SSSR count). The third-order valence-corrected chi connectivity index (χ3v) is 4.22. The summed E-state index contributed by atoms with van der Waals surface area (Å²) in [6.07, 6.45) is 4.63. The minimum atomic E-state index is -0.916. The number of hydrogen-bond donors (Lipinski definition) is 2. The first kappa shape index (κ1) is 15.1. The van der Waals surface area contributed by atoms with E-state index in [1.54, 1.807) is 0 Å². The second-order valence-corrected chi connectivity index (χ2v) is 5.60. The number of urea groups is 1. The van der Waals surface area contributed by atoms with Crippen molar-refractivity contribution in [1.29, 1.82) is 0 Å². The molecular weight excluding hydrogens is 260 g/mol. The maximum Gasteiger partial charge on any atom is 0.332 e. The van der Waals surface area contributed by atoms with Crippen molar-refractivity contribution < 1.29 is 19.4 Å². The lowest BCUT2D eigenvalue weighted by atomic mass is 10.0. The highest BCUT2D eigenvalue weighted by molar-refractivity contribution is 5.75. The van der Waals surface area contributed by atoms with Crippen LogP contribution in [0.5, 0.6) is 0 Å². The van der Waals surface area contributed by atoms with Crippen LogP contribution in [0, 0.1) is 0 Å². The van der Waals surface area contributed by atoms with E-state index in [1.807, 2.05) is 4.90 Å². The fourth-order valence-electron chi connectivity index (χ4n) is 3.03. The monoisotopic (exact) mass is 284 g/mol. The van der Waals surface area contributed by atoms with Crippen molar-refractivity contribution in [1.82, 2.24) is 10.2 Å². The van der Waals surface area contributed by atoms with Crippen molar-refractivity contribution in [3.8, 4) is 0 Å². The first-order valence-electron chi connectivity index (χ1n) is 7.54. The number of carbonyl (C=O) groups excluding carboxylic acids is 1. The zero-order valence-electron chi connectivity index (χ0n) is 12.0. The molecule has 0 aromatic carbocycles. The lowest BCUT2D eigenvalue weighted by Gasteiger charge is -2.35. The number of carboxylic acids is 1. The molecule has 0 aromatic heterocycles. The van der Waals surface area contributed by atoms with E-state index in [-0.39, 0.29) is 12.1 Å².